The molecule has 0 spiro atoms. The lowest BCUT2D eigenvalue weighted by atomic mass is 10.2. The van der Waals surface area contributed by atoms with Gasteiger partial charge >= 0.3 is 0 Å². The lowest BCUT2D eigenvalue weighted by molar-refractivity contribution is -0.384. The number of para-hydroxylation sites is 1. The molecule has 0 aliphatic carbocycles. The number of nitro groups is 1. The van der Waals surface area contributed by atoms with Gasteiger partial charge in [0.15, 0.2) is 11.7 Å². The summed E-state index contributed by atoms with van der Waals surface area (Å²) in [6, 6.07) is 13.1. The third-order valence-corrected chi connectivity index (χ3v) is 3.31. The summed E-state index contributed by atoms with van der Waals surface area (Å²) in [5, 5.41) is 13.1. The van der Waals surface area contributed by atoms with Crippen LogP contribution in [0.15, 0.2) is 48.5 Å². The fraction of sp³-hybridized carbons (Fsp3) is 0.125. The summed E-state index contributed by atoms with van der Waals surface area (Å²) in [4.78, 5) is 21.9. The maximum atomic E-state index is 11.8. The van der Waals surface area contributed by atoms with Crippen molar-refractivity contribution in [2.24, 2.45) is 0 Å². The average molecular weight is 360 g/mol. The summed E-state index contributed by atoms with van der Waals surface area (Å²) in [6.07, 6.45) is 0. The van der Waals surface area contributed by atoms with Crippen LogP contribution in [-0.2, 0) is 4.79 Å². The number of amides is 1. The minimum atomic E-state index is -0.490. The third kappa shape index (κ3) is 5.74. The van der Waals surface area contributed by atoms with Gasteiger partial charge in [-0.25, -0.2) is 0 Å². The molecular formula is C16H16N4O4S. The Morgan fingerprint density at radius 1 is 1.20 bits per heavy atom. The van der Waals surface area contributed by atoms with Gasteiger partial charge in [-0.15, -0.1) is 0 Å². The molecular weight excluding hydrogens is 344 g/mol. The highest BCUT2D eigenvalue weighted by Crippen LogP contribution is 2.16. The van der Waals surface area contributed by atoms with Crippen LogP contribution in [0.2, 0.25) is 0 Å². The fourth-order valence-electron chi connectivity index (χ4n) is 1.85. The number of nitrogens with zero attached hydrogens (tertiary/aromatic N) is 1. The second kappa shape index (κ2) is 8.60. The largest absolute Gasteiger partial charge is 0.483 e. The van der Waals surface area contributed by atoms with Gasteiger partial charge in [0, 0.05) is 12.1 Å². The van der Waals surface area contributed by atoms with E-state index in [0.29, 0.717) is 11.4 Å². The van der Waals surface area contributed by atoms with Gasteiger partial charge in [-0.2, -0.15) is 0 Å². The first-order valence-electron chi connectivity index (χ1n) is 7.24. The number of benzene rings is 2. The Morgan fingerprint density at radius 3 is 2.52 bits per heavy atom. The molecule has 0 saturated carbocycles. The van der Waals surface area contributed by atoms with E-state index < -0.39 is 10.8 Å². The van der Waals surface area contributed by atoms with Gasteiger partial charge in [-0.05, 0) is 42.9 Å². The van der Waals surface area contributed by atoms with Crippen LogP contribution >= 0.6 is 12.2 Å². The zero-order chi connectivity index (χ0) is 18.2. The molecule has 8 nitrogen and oxygen atoms in total. The van der Waals surface area contributed by atoms with Crippen molar-refractivity contribution in [3.63, 3.8) is 0 Å². The van der Waals surface area contributed by atoms with Crippen molar-refractivity contribution in [2.45, 2.75) is 6.92 Å². The molecule has 2 rings (SSSR count). The van der Waals surface area contributed by atoms with Gasteiger partial charge in [0.1, 0.15) is 5.75 Å². The van der Waals surface area contributed by atoms with E-state index in [9.17, 15) is 14.9 Å². The van der Waals surface area contributed by atoms with E-state index in [1.165, 1.54) is 24.3 Å². The number of nitrogens with one attached hydrogen (secondary N) is 3. The smallest absolute Gasteiger partial charge is 0.269 e. The van der Waals surface area contributed by atoms with E-state index in [1.807, 2.05) is 25.1 Å². The van der Waals surface area contributed by atoms with Gasteiger partial charge in [0.2, 0.25) is 0 Å². The Balaban J connectivity index is 1.75. The molecule has 0 unspecified atom stereocenters. The standard InChI is InChI=1S/C16H16N4O4S/c1-11-4-2-3-5-14(11)24-10-15(21)17-16(25)19-18-12-6-8-13(9-7-12)20(22)23/h2-9,18H,10H2,1H3,(H2,17,19,21,25). The lowest BCUT2D eigenvalue weighted by Gasteiger charge is -2.12. The van der Waals surface area contributed by atoms with Crippen molar-refractivity contribution in [1.29, 1.82) is 0 Å². The van der Waals surface area contributed by atoms with Gasteiger partial charge in [-0.1, -0.05) is 18.2 Å². The molecule has 0 fully saturated rings. The van der Waals surface area contributed by atoms with Crippen LogP contribution in [-0.4, -0.2) is 22.5 Å². The number of anilines is 1. The number of hydrazine groups is 1. The molecule has 0 atom stereocenters. The van der Waals surface area contributed by atoms with E-state index in [2.05, 4.69) is 16.2 Å². The third-order valence-electron chi connectivity index (χ3n) is 3.10. The van der Waals surface area contributed by atoms with Crippen molar-refractivity contribution in [1.82, 2.24) is 10.7 Å². The predicted molar refractivity (Wildman–Crippen MR) is 97.3 cm³/mol. The number of carbonyl (C=O) groups excluding carboxylic acids is 1. The average Bonchev–Trinajstić information content (AvgIpc) is 2.59. The number of hydrogen-bond acceptors (Lipinski definition) is 6. The zero-order valence-electron chi connectivity index (χ0n) is 13.3. The highest BCUT2D eigenvalue weighted by Gasteiger charge is 2.07. The minimum Gasteiger partial charge on any atom is -0.483 e. The molecule has 0 radical (unpaired) electrons. The first-order chi connectivity index (χ1) is 12.0. The molecule has 0 bridgehead atoms. The summed E-state index contributed by atoms with van der Waals surface area (Å²) < 4.78 is 5.41. The summed E-state index contributed by atoms with van der Waals surface area (Å²) in [7, 11) is 0. The van der Waals surface area contributed by atoms with E-state index in [4.69, 9.17) is 17.0 Å². The zero-order valence-corrected chi connectivity index (χ0v) is 14.1. The number of ether oxygens (including phenoxy) is 1. The van der Waals surface area contributed by atoms with Crippen LogP contribution in [0.25, 0.3) is 0 Å². The van der Waals surface area contributed by atoms with Crippen LogP contribution in [0.1, 0.15) is 5.56 Å². The summed E-state index contributed by atoms with van der Waals surface area (Å²) in [5.41, 5.74) is 6.80. The second-order valence-electron chi connectivity index (χ2n) is 4.99. The van der Waals surface area contributed by atoms with Gasteiger partial charge < -0.3 is 4.74 Å². The van der Waals surface area contributed by atoms with Crippen molar-refractivity contribution in [2.75, 3.05) is 12.0 Å². The van der Waals surface area contributed by atoms with Crippen molar-refractivity contribution in [3.05, 3.63) is 64.2 Å². The topological polar surface area (TPSA) is 106 Å². The highest BCUT2D eigenvalue weighted by atomic mass is 32.1. The summed E-state index contributed by atoms with van der Waals surface area (Å²) >= 11 is 4.98. The van der Waals surface area contributed by atoms with Crippen LogP contribution < -0.4 is 20.9 Å². The van der Waals surface area contributed by atoms with E-state index in [0.717, 1.165) is 5.56 Å². The normalized spacial score (nSPS) is 9.80. The molecule has 130 valence electrons. The van der Waals surface area contributed by atoms with Crippen molar-refractivity contribution in [3.8, 4) is 5.75 Å². The number of non-ortho nitro benzene ring substituents is 1. The monoisotopic (exact) mass is 360 g/mol. The Labute approximate surface area is 149 Å². The van der Waals surface area contributed by atoms with E-state index in [1.54, 1.807) is 6.07 Å². The molecule has 0 aliphatic rings. The molecule has 9 heteroatoms. The predicted octanol–water partition coefficient (Wildman–Crippen LogP) is 2.30. The van der Waals surface area contributed by atoms with Gasteiger partial charge in [-0.3, -0.25) is 31.1 Å². The first kappa shape index (κ1) is 18.1. The quantitative estimate of drug-likeness (QED) is 0.412. The van der Waals surface area contributed by atoms with Gasteiger partial charge in [0.25, 0.3) is 11.6 Å². The Morgan fingerprint density at radius 2 is 1.88 bits per heavy atom. The summed E-state index contributed by atoms with van der Waals surface area (Å²) in [5.74, 6) is 0.215. The van der Waals surface area contributed by atoms with Crippen LogP contribution in [0.4, 0.5) is 11.4 Å². The number of aryl methyl sites for hydroxylation is 1. The molecule has 3 N–H and O–H groups in total. The maximum absolute atomic E-state index is 11.8. The molecule has 2 aromatic carbocycles. The van der Waals surface area contributed by atoms with Gasteiger partial charge in [0.05, 0.1) is 10.6 Å². The Kier molecular flexibility index (Phi) is 6.24. The number of rotatable bonds is 6. The molecule has 0 aliphatic heterocycles. The van der Waals surface area contributed by atoms with Crippen molar-refractivity contribution < 1.29 is 14.5 Å². The SMILES string of the molecule is Cc1ccccc1OCC(=O)NC(=S)NNc1ccc([N+](=O)[O-])cc1. The Bertz CT molecular complexity index is 780. The molecule has 2 aromatic rings. The maximum Gasteiger partial charge on any atom is 0.269 e. The van der Waals surface area contributed by atoms with E-state index in [-0.39, 0.29) is 17.4 Å². The first-order valence-corrected chi connectivity index (χ1v) is 7.65. The molecule has 25 heavy (non-hydrogen) atoms. The summed E-state index contributed by atoms with van der Waals surface area (Å²) in [6.45, 7) is 1.71. The second-order valence-corrected chi connectivity index (χ2v) is 5.39. The molecule has 0 heterocycles. The van der Waals surface area contributed by atoms with E-state index >= 15 is 0 Å². The number of carbonyl (C=O) groups is 1. The molecule has 0 saturated heterocycles. The number of hydrogen-bond donors (Lipinski definition) is 3. The van der Waals surface area contributed by atoms with Crippen LogP contribution in [0, 0.1) is 17.0 Å². The highest BCUT2D eigenvalue weighted by molar-refractivity contribution is 7.80. The molecule has 1 amide bonds. The number of nitro benzene ring substituents is 1. The van der Waals surface area contributed by atoms with Crippen molar-refractivity contribution >= 4 is 34.6 Å². The Hall–Kier alpha value is -3.20. The lowest BCUT2D eigenvalue weighted by Crippen LogP contribution is -2.43. The fourth-order valence-corrected chi connectivity index (χ4v) is 2.02. The minimum absolute atomic E-state index is 0.0187. The number of thiocarbonyl (C=S) groups is 1. The van der Waals surface area contributed by atoms with Crippen LogP contribution in [0.3, 0.4) is 0 Å². The molecule has 0 aromatic heterocycles. The van der Waals surface area contributed by atoms with Crippen LogP contribution in [0.5, 0.6) is 5.75 Å².